The topological polar surface area (TPSA) is 22.0 Å². The molecule has 1 aliphatic heterocycles. The van der Waals surface area contributed by atoms with Gasteiger partial charge in [-0.25, -0.2) is 0 Å². The van der Waals surface area contributed by atoms with E-state index in [0.717, 1.165) is 60.5 Å². The standard InChI is InChI=1S/C50H32NOP/c52-53(36-14-2-1-3-15-36)47-24-12-9-21-43(47)49-42-20-8-11-23-46(42)51(50(49)44-22-10-13-25-48(44)53)35-29-26-33(27-30-35)34-28-31-41-39-18-5-4-16-37(39)38-17-6-7-19-40(38)45(41)32-34/h1-32H. The Kier molecular flexibility index (Phi) is 6.56. The zero-order valence-electron chi connectivity index (χ0n) is 28.8. The van der Waals surface area contributed by atoms with Crippen molar-refractivity contribution in [2.24, 2.45) is 0 Å². The summed E-state index contributed by atoms with van der Waals surface area (Å²) in [5, 5.41) is 11.4. The number of fused-ring (bicyclic) bond motifs is 13. The van der Waals surface area contributed by atoms with Gasteiger partial charge >= 0.3 is 0 Å². The van der Waals surface area contributed by atoms with E-state index in [1.165, 1.54) is 37.9 Å². The highest BCUT2D eigenvalue weighted by atomic mass is 31.2. The average molecular weight is 694 g/mol. The second-order valence-corrected chi connectivity index (χ2v) is 16.7. The molecule has 1 unspecified atom stereocenters. The fraction of sp³-hybridized carbons (Fsp3) is 0. The molecule has 3 heteroatoms. The van der Waals surface area contributed by atoms with Crippen LogP contribution >= 0.6 is 7.14 Å². The fourth-order valence-corrected chi connectivity index (χ4v) is 11.9. The molecule has 0 spiro atoms. The summed E-state index contributed by atoms with van der Waals surface area (Å²) in [6.45, 7) is 0. The highest BCUT2D eigenvalue weighted by Gasteiger charge is 2.39. The molecule has 10 aromatic rings. The maximum Gasteiger partial charge on any atom is 0.172 e. The predicted molar refractivity (Wildman–Crippen MR) is 225 cm³/mol. The molecule has 0 aliphatic carbocycles. The third kappa shape index (κ3) is 4.31. The van der Waals surface area contributed by atoms with E-state index in [0.29, 0.717) is 0 Å². The minimum absolute atomic E-state index is 0.849. The number of aromatic nitrogens is 1. The molecule has 0 saturated heterocycles. The second kappa shape index (κ2) is 11.5. The molecule has 1 aromatic heterocycles. The Morgan fingerprint density at radius 2 is 0.868 bits per heavy atom. The first-order valence-corrected chi connectivity index (χ1v) is 19.8. The van der Waals surface area contributed by atoms with Crippen LogP contribution < -0.4 is 15.9 Å². The van der Waals surface area contributed by atoms with Gasteiger partial charge < -0.3 is 9.13 Å². The predicted octanol–water partition coefficient (Wildman–Crippen LogP) is 12.0. The number of rotatable bonds is 3. The minimum Gasteiger partial charge on any atom is -0.309 e. The van der Waals surface area contributed by atoms with Crippen molar-refractivity contribution in [1.82, 2.24) is 4.57 Å². The van der Waals surface area contributed by atoms with Gasteiger partial charge in [0.1, 0.15) is 0 Å². The molecule has 248 valence electrons. The number of benzene rings is 9. The summed E-state index contributed by atoms with van der Waals surface area (Å²) in [7, 11) is -3.24. The van der Waals surface area contributed by atoms with E-state index in [4.69, 9.17) is 0 Å². The summed E-state index contributed by atoms with van der Waals surface area (Å²) in [5.41, 5.74) is 8.74. The lowest BCUT2D eigenvalue weighted by molar-refractivity contribution is 0.592. The fourth-order valence-electron chi connectivity index (χ4n) is 8.88. The molecule has 1 aliphatic rings. The zero-order chi connectivity index (χ0) is 35.1. The Bertz CT molecular complexity index is 3100. The van der Waals surface area contributed by atoms with Gasteiger partial charge in [0.05, 0.1) is 11.2 Å². The van der Waals surface area contributed by atoms with Gasteiger partial charge in [-0.1, -0.05) is 170 Å². The SMILES string of the molecule is O=P1(c2ccccc2)c2ccccc2-c2c(n(-c3ccc(-c4ccc5c6ccccc6c6ccccc6c5c4)cc3)c3ccccc23)-c2ccccc21. The highest BCUT2D eigenvalue weighted by Crippen LogP contribution is 2.54. The maximum atomic E-state index is 15.9. The molecule has 0 saturated carbocycles. The number of hydrogen-bond donors (Lipinski definition) is 0. The van der Waals surface area contributed by atoms with Crippen molar-refractivity contribution in [1.29, 1.82) is 0 Å². The van der Waals surface area contributed by atoms with Crippen LogP contribution in [0.1, 0.15) is 0 Å². The Hall–Kier alpha value is -6.47. The third-order valence-corrected chi connectivity index (χ3v) is 14.4. The molecule has 0 bridgehead atoms. The lowest BCUT2D eigenvalue weighted by atomic mass is 9.92. The van der Waals surface area contributed by atoms with Crippen LogP contribution in [0.2, 0.25) is 0 Å². The van der Waals surface area contributed by atoms with Crippen LogP contribution in [0.3, 0.4) is 0 Å². The normalized spacial score (nSPS) is 14.9. The molecule has 1 atom stereocenters. The van der Waals surface area contributed by atoms with E-state index in [1.54, 1.807) is 0 Å². The lowest BCUT2D eigenvalue weighted by Crippen LogP contribution is -2.26. The van der Waals surface area contributed by atoms with Crippen molar-refractivity contribution in [2.75, 3.05) is 0 Å². The molecule has 0 radical (unpaired) electrons. The first-order chi connectivity index (χ1) is 26.2. The van der Waals surface area contributed by atoms with Crippen LogP contribution in [0, 0.1) is 0 Å². The van der Waals surface area contributed by atoms with Gasteiger partial charge in [-0.2, -0.15) is 0 Å². The Balaban J connectivity index is 1.14. The van der Waals surface area contributed by atoms with E-state index in [2.05, 4.69) is 156 Å². The van der Waals surface area contributed by atoms with Crippen LogP contribution in [0.15, 0.2) is 194 Å². The second-order valence-electron chi connectivity index (χ2n) is 14.0. The molecular formula is C50H32NOP. The van der Waals surface area contributed by atoms with E-state index in [9.17, 15) is 0 Å². The zero-order valence-corrected chi connectivity index (χ0v) is 29.7. The summed E-state index contributed by atoms with van der Waals surface area (Å²) >= 11 is 0. The first-order valence-electron chi connectivity index (χ1n) is 18.1. The summed E-state index contributed by atoms with van der Waals surface area (Å²) in [6, 6.07) is 68.6. The summed E-state index contributed by atoms with van der Waals surface area (Å²) in [4.78, 5) is 0. The van der Waals surface area contributed by atoms with Crippen molar-refractivity contribution < 1.29 is 4.57 Å². The molecule has 0 N–H and O–H groups in total. The Labute approximate surface area is 307 Å². The van der Waals surface area contributed by atoms with E-state index >= 15 is 4.57 Å². The van der Waals surface area contributed by atoms with Gasteiger partial charge in [-0.05, 0) is 73.3 Å². The van der Waals surface area contributed by atoms with Crippen molar-refractivity contribution >= 4 is 66.3 Å². The molecule has 0 fully saturated rings. The molecular weight excluding hydrogens is 662 g/mol. The molecule has 11 rings (SSSR count). The number of nitrogens with zero attached hydrogens (tertiary/aromatic N) is 1. The van der Waals surface area contributed by atoms with Crippen LogP contribution in [0.25, 0.3) is 82.4 Å². The molecule has 0 amide bonds. The van der Waals surface area contributed by atoms with Gasteiger partial charge in [-0.3, -0.25) is 0 Å². The largest absolute Gasteiger partial charge is 0.309 e. The van der Waals surface area contributed by atoms with E-state index in [-0.39, 0.29) is 0 Å². The maximum absolute atomic E-state index is 15.9. The Morgan fingerprint density at radius 3 is 1.55 bits per heavy atom. The summed E-state index contributed by atoms with van der Waals surface area (Å²) < 4.78 is 18.3. The third-order valence-electron chi connectivity index (χ3n) is 11.2. The lowest BCUT2D eigenvalue weighted by Gasteiger charge is -2.22. The van der Waals surface area contributed by atoms with Crippen molar-refractivity contribution in [3.63, 3.8) is 0 Å². The first kappa shape index (κ1) is 30.2. The monoisotopic (exact) mass is 693 g/mol. The van der Waals surface area contributed by atoms with Gasteiger partial charge in [-0.15, -0.1) is 0 Å². The van der Waals surface area contributed by atoms with Crippen LogP contribution in [0.4, 0.5) is 0 Å². The quantitative estimate of drug-likeness (QED) is 0.133. The van der Waals surface area contributed by atoms with Crippen LogP contribution in [0.5, 0.6) is 0 Å². The van der Waals surface area contributed by atoms with Crippen molar-refractivity contribution in [2.45, 2.75) is 0 Å². The smallest absolute Gasteiger partial charge is 0.172 e. The molecule has 2 heterocycles. The van der Waals surface area contributed by atoms with E-state index < -0.39 is 7.14 Å². The highest BCUT2D eigenvalue weighted by molar-refractivity contribution is 7.85. The Morgan fingerprint density at radius 1 is 0.377 bits per heavy atom. The van der Waals surface area contributed by atoms with Crippen LogP contribution in [-0.4, -0.2) is 4.57 Å². The molecule has 9 aromatic carbocycles. The van der Waals surface area contributed by atoms with Crippen LogP contribution in [-0.2, 0) is 4.57 Å². The van der Waals surface area contributed by atoms with Gasteiger partial charge in [0.15, 0.2) is 7.14 Å². The van der Waals surface area contributed by atoms with Crippen molar-refractivity contribution in [3.8, 4) is 39.2 Å². The van der Waals surface area contributed by atoms with Gasteiger partial charge in [0, 0.05) is 38.1 Å². The van der Waals surface area contributed by atoms with Crippen molar-refractivity contribution in [3.05, 3.63) is 194 Å². The van der Waals surface area contributed by atoms with Gasteiger partial charge in [0.25, 0.3) is 0 Å². The molecule has 53 heavy (non-hydrogen) atoms. The number of para-hydroxylation sites is 1. The molecule has 2 nitrogen and oxygen atoms in total. The van der Waals surface area contributed by atoms with Gasteiger partial charge in [0.2, 0.25) is 0 Å². The number of hydrogen-bond acceptors (Lipinski definition) is 1. The minimum atomic E-state index is -3.24. The van der Waals surface area contributed by atoms with E-state index in [1.807, 2.05) is 42.5 Å². The summed E-state index contributed by atoms with van der Waals surface area (Å²) in [6.07, 6.45) is 0. The summed E-state index contributed by atoms with van der Waals surface area (Å²) in [5.74, 6) is 0. The average Bonchev–Trinajstić information content (AvgIpc) is 3.54.